The lowest BCUT2D eigenvalue weighted by Gasteiger charge is -2.21. The van der Waals surface area contributed by atoms with Gasteiger partial charge in [-0.3, -0.25) is 0 Å². The highest BCUT2D eigenvalue weighted by molar-refractivity contribution is 6.30. The minimum atomic E-state index is 0.119. The first-order chi connectivity index (χ1) is 7.61. The topological polar surface area (TPSA) is 34.9 Å². The minimum absolute atomic E-state index is 0.119. The zero-order valence-electron chi connectivity index (χ0n) is 9.74. The lowest BCUT2D eigenvalue weighted by atomic mass is 9.98. The number of nitrogens with zero attached hydrogens (tertiary/aromatic N) is 2. The summed E-state index contributed by atoms with van der Waals surface area (Å²) in [6.45, 7) is 5.22. The van der Waals surface area contributed by atoms with Gasteiger partial charge in [-0.05, 0) is 12.3 Å². The van der Waals surface area contributed by atoms with Gasteiger partial charge in [0.05, 0.1) is 5.69 Å². The van der Waals surface area contributed by atoms with E-state index in [4.69, 9.17) is 11.6 Å². The number of halogens is 1. The molecule has 0 aliphatic carbocycles. The molecule has 2 rings (SSSR count). The summed E-state index contributed by atoms with van der Waals surface area (Å²) in [5.74, 6) is 1.76. The van der Waals surface area contributed by atoms with Crippen molar-refractivity contribution in [3.8, 4) is 0 Å². The summed E-state index contributed by atoms with van der Waals surface area (Å²) in [7, 11) is 0. The van der Waals surface area contributed by atoms with Crippen LogP contribution < -0.4 is 0 Å². The second-order valence-electron chi connectivity index (χ2n) is 4.90. The molecule has 88 valence electrons. The molecule has 3 nitrogen and oxygen atoms in total. The van der Waals surface area contributed by atoms with E-state index >= 15 is 0 Å². The number of hydrogen-bond acceptors (Lipinski definition) is 2. The Labute approximate surface area is 101 Å². The molecular weight excluding hydrogens is 224 g/mol. The molecule has 0 radical (unpaired) electrons. The third kappa shape index (κ3) is 2.14. The smallest absolute Gasteiger partial charge is 0.150 e. The fourth-order valence-corrected chi connectivity index (χ4v) is 2.52. The maximum Gasteiger partial charge on any atom is 0.150 e. The molecule has 1 aromatic heterocycles. The molecular formula is C12H17ClN2O. The summed E-state index contributed by atoms with van der Waals surface area (Å²) < 4.78 is 2.20. The van der Waals surface area contributed by atoms with Crippen molar-refractivity contribution >= 4 is 17.9 Å². The van der Waals surface area contributed by atoms with Crippen molar-refractivity contribution in [1.82, 2.24) is 9.55 Å². The van der Waals surface area contributed by atoms with Gasteiger partial charge in [-0.2, -0.15) is 0 Å². The highest BCUT2D eigenvalue weighted by Gasteiger charge is 2.24. The van der Waals surface area contributed by atoms with Gasteiger partial charge < -0.3 is 9.36 Å². The Bertz CT molecular complexity index is 398. The Kier molecular flexibility index (Phi) is 3.33. The van der Waals surface area contributed by atoms with E-state index < -0.39 is 0 Å². The van der Waals surface area contributed by atoms with Gasteiger partial charge in [-0.25, -0.2) is 4.98 Å². The first-order valence-corrected chi connectivity index (χ1v) is 6.18. The van der Waals surface area contributed by atoms with Crippen LogP contribution in [0.1, 0.15) is 31.8 Å². The molecule has 1 unspecified atom stereocenters. The maximum atomic E-state index is 10.8. The Morgan fingerprint density at radius 2 is 2.38 bits per heavy atom. The normalized spacial score (nSPS) is 19.9. The molecule has 1 atom stereocenters. The zero-order chi connectivity index (χ0) is 11.7. The Morgan fingerprint density at radius 3 is 3.00 bits per heavy atom. The fraction of sp³-hybridized carbons (Fsp3) is 0.667. The molecule has 2 heterocycles. The summed E-state index contributed by atoms with van der Waals surface area (Å²) in [5.41, 5.74) is 1.04. The Hall–Kier alpha value is -0.830. The summed E-state index contributed by atoms with van der Waals surface area (Å²) in [4.78, 5) is 15.2. The number of aromatic nitrogens is 2. The third-order valence-electron chi connectivity index (χ3n) is 3.07. The van der Waals surface area contributed by atoms with E-state index in [1.54, 1.807) is 0 Å². The number of carbonyl (C=O) groups excluding carboxylic acids is 1. The number of carbonyl (C=O) groups is 1. The van der Waals surface area contributed by atoms with E-state index in [9.17, 15) is 4.79 Å². The molecule has 1 aromatic rings. The Balaban J connectivity index is 2.29. The number of rotatable bonds is 3. The van der Waals surface area contributed by atoms with Crippen molar-refractivity contribution in [3.05, 3.63) is 16.7 Å². The largest absolute Gasteiger partial charge is 0.331 e. The van der Waals surface area contributed by atoms with Gasteiger partial charge >= 0.3 is 0 Å². The van der Waals surface area contributed by atoms with Gasteiger partial charge in [0.2, 0.25) is 0 Å². The van der Waals surface area contributed by atoms with Crippen molar-refractivity contribution in [2.75, 3.05) is 0 Å². The van der Waals surface area contributed by atoms with Gasteiger partial charge in [0.25, 0.3) is 0 Å². The average molecular weight is 241 g/mol. The fourth-order valence-electron chi connectivity index (χ4n) is 2.25. The summed E-state index contributed by atoms with van der Waals surface area (Å²) in [5, 5.41) is 0.585. The van der Waals surface area contributed by atoms with Crippen LogP contribution in [0.4, 0.5) is 0 Å². The van der Waals surface area contributed by atoms with Gasteiger partial charge in [-0.15, -0.1) is 0 Å². The molecule has 0 saturated carbocycles. The summed E-state index contributed by atoms with van der Waals surface area (Å²) >= 11 is 6.12. The molecule has 0 spiro atoms. The van der Waals surface area contributed by atoms with Gasteiger partial charge in [-0.1, -0.05) is 25.4 Å². The van der Waals surface area contributed by atoms with Crippen molar-refractivity contribution < 1.29 is 4.79 Å². The van der Waals surface area contributed by atoms with Crippen molar-refractivity contribution in [3.63, 3.8) is 0 Å². The van der Waals surface area contributed by atoms with Crippen LogP contribution in [0, 0.1) is 11.8 Å². The lowest BCUT2D eigenvalue weighted by molar-refractivity contribution is -0.111. The van der Waals surface area contributed by atoms with E-state index in [1.807, 2.05) is 0 Å². The zero-order valence-corrected chi connectivity index (χ0v) is 10.5. The molecule has 0 amide bonds. The van der Waals surface area contributed by atoms with E-state index in [2.05, 4.69) is 23.4 Å². The van der Waals surface area contributed by atoms with Crippen LogP contribution in [-0.2, 0) is 24.2 Å². The third-order valence-corrected chi connectivity index (χ3v) is 3.37. The first-order valence-electron chi connectivity index (χ1n) is 5.81. The van der Waals surface area contributed by atoms with Crippen LogP contribution in [0.5, 0.6) is 0 Å². The standard InChI is InChI=1S/C12H17ClN2O/c1-8(2)5-11-14-12(13)10-6-9(7-16)3-4-15(10)11/h7-9H,3-6H2,1-2H3. The Morgan fingerprint density at radius 1 is 1.62 bits per heavy atom. The number of imidazole rings is 1. The average Bonchev–Trinajstić information content (AvgIpc) is 2.54. The summed E-state index contributed by atoms with van der Waals surface area (Å²) in [6.07, 6.45) is 3.64. The highest BCUT2D eigenvalue weighted by Crippen LogP contribution is 2.27. The second kappa shape index (κ2) is 4.58. The van der Waals surface area contributed by atoms with E-state index in [1.165, 1.54) is 0 Å². The second-order valence-corrected chi connectivity index (χ2v) is 5.26. The molecule has 16 heavy (non-hydrogen) atoms. The van der Waals surface area contributed by atoms with Crippen LogP contribution >= 0.6 is 11.6 Å². The van der Waals surface area contributed by atoms with Crippen LogP contribution in [0.3, 0.4) is 0 Å². The molecule has 0 saturated heterocycles. The van der Waals surface area contributed by atoms with Crippen LogP contribution in [0.15, 0.2) is 0 Å². The van der Waals surface area contributed by atoms with Gasteiger partial charge in [0.15, 0.2) is 5.15 Å². The van der Waals surface area contributed by atoms with E-state index in [0.29, 0.717) is 11.1 Å². The predicted molar refractivity (Wildman–Crippen MR) is 63.7 cm³/mol. The molecule has 0 N–H and O–H groups in total. The predicted octanol–water partition coefficient (Wildman–Crippen LogP) is 2.50. The number of fused-ring (bicyclic) bond motifs is 1. The molecule has 0 fully saturated rings. The van der Waals surface area contributed by atoms with Crippen LogP contribution in [0.25, 0.3) is 0 Å². The van der Waals surface area contributed by atoms with Crippen LogP contribution in [0.2, 0.25) is 5.15 Å². The SMILES string of the molecule is CC(C)Cc1nc(Cl)c2n1CCC(C=O)C2. The molecule has 1 aliphatic heterocycles. The monoisotopic (exact) mass is 240 g/mol. The quantitative estimate of drug-likeness (QED) is 0.761. The van der Waals surface area contributed by atoms with E-state index in [-0.39, 0.29) is 5.92 Å². The van der Waals surface area contributed by atoms with Crippen molar-refractivity contribution in [2.45, 2.75) is 39.7 Å². The summed E-state index contributed by atoms with van der Waals surface area (Å²) in [6, 6.07) is 0. The molecule has 1 aliphatic rings. The number of hydrogen-bond donors (Lipinski definition) is 0. The molecule has 0 bridgehead atoms. The molecule has 4 heteroatoms. The maximum absolute atomic E-state index is 10.8. The van der Waals surface area contributed by atoms with Gasteiger partial charge in [0.1, 0.15) is 12.1 Å². The minimum Gasteiger partial charge on any atom is -0.331 e. The molecule has 0 aromatic carbocycles. The van der Waals surface area contributed by atoms with Crippen LogP contribution in [-0.4, -0.2) is 15.8 Å². The lowest BCUT2D eigenvalue weighted by Crippen LogP contribution is -2.21. The van der Waals surface area contributed by atoms with E-state index in [0.717, 1.165) is 43.6 Å². The van der Waals surface area contributed by atoms with Crippen molar-refractivity contribution in [2.24, 2.45) is 11.8 Å². The highest BCUT2D eigenvalue weighted by atomic mass is 35.5. The van der Waals surface area contributed by atoms with Gasteiger partial charge in [0, 0.05) is 25.3 Å². The first kappa shape index (κ1) is 11.6. The number of aldehydes is 1. The van der Waals surface area contributed by atoms with Crippen molar-refractivity contribution in [1.29, 1.82) is 0 Å².